The van der Waals surface area contributed by atoms with E-state index in [2.05, 4.69) is 11.7 Å². The Bertz CT molecular complexity index is 139. The van der Waals surface area contributed by atoms with Gasteiger partial charge in [0.1, 0.15) is 0 Å². The van der Waals surface area contributed by atoms with Crippen molar-refractivity contribution in [3.63, 3.8) is 0 Å². The smallest absolute Gasteiger partial charge is 0.0226 e. The first-order valence-electron chi connectivity index (χ1n) is 3.11. The molecule has 2 heteroatoms. The van der Waals surface area contributed by atoms with Gasteiger partial charge in [-0.25, -0.2) is 0 Å². The fourth-order valence-corrected chi connectivity index (χ4v) is 0.492. The van der Waals surface area contributed by atoms with Crippen LogP contribution in [0, 0.1) is 11.3 Å². The summed E-state index contributed by atoms with van der Waals surface area (Å²) in [5.41, 5.74) is 0. The van der Waals surface area contributed by atoms with Crippen molar-refractivity contribution in [2.24, 2.45) is 10.9 Å². The van der Waals surface area contributed by atoms with Crippen molar-refractivity contribution in [3.8, 4) is 0 Å². The second-order valence-electron chi connectivity index (χ2n) is 1.93. The van der Waals surface area contributed by atoms with Gasteiger partial charge in [-0.2, -0.15) is 0 Å². The van der Waals surface area contributed by atoms with Crippen molar-refractivity contribution < 1.29 is 0 Å². The molecule has 0 saturated carbocycles. The van der Waals surface area contributed by atoms with Gasteiger partial charge in [-0.3, -0.25) is 4.99 Å². The molecule has 0 spiro atoms. The Morgan fingerprint density at radius 3 is 2.70 bits per heavy atom. The molecule has 0 aliphatic rings. The zero-order valence-electron chi connectivity index (χ0n) is 6.12. The third-order valence-corrected chi connectivity index (χ3v) is 1.01. The third kappa shape index (κ3) is 4.97. The molecule has 0 aliphatic carbocycles. The zero-order valence-corrected chi connectivity index (χ0v) is 6.12. The fraction of sp³-hybridized carbons (Fsp3) is 0.250. The minimum atomic E-state index is 0.326. The molecule has 0 aromatic carbocycles. The highest BCUT2D eigenvalue weighted by molar-refractivity contribution is 5.67. The summed E-state index contributed by atoms with van der Waals surface area (Å²) >= 11 is 0. The molecule has 1 N–H and O–H groups in total. The first kappa shape index (κ1) is 8.82. The molecule has 0 radical (unpaired) electrons. The van der Waals surface area contributed by atoms with Crippen LogP contribution in [-0.4, -0.2) is 12.9 Å². The molecule has 0 aliphatic heterocycles. The minimum absolute atomic E-state index is 0.326. The van der Waals surface area contributed by atoms with E-state index >= 15 is 0 Å². The maximum atomic E-state index is 6.70. The molecule has 0 amide bonds. The van der Waals surface area contributed by atoms with E-state index in [1.165, 1.54) is 6.21 Å². The largest absolute Gasteiger partial charge is 0.309 e. The average molecular weight is 136 g/mol. The van der Waals surface area contributed by atoms with Crippen LogP contribution in [0.1, 0.15) is 6.92 Å². The van der Waals surface area contributed by atoms with Gasteiger partial charge in [0.2, 0.25) is 0 Å². The SMILES string of the molecule is C=N/C=C\C(C)/C=C\C=N. The molecule has 10 heavy (non-hydrogen) atoms. The van der Waals surface area contributed by atoms with Crippen LogP contribution < -0.4 is 0 Å². The summed E-state index contributed by atoms with van der Waals surface area (Å²) in [6, 6.07) is 0. The summed E-state index contributed by atoms with van der Waals surface area (Å²) in [6.45, 7) is 5.32. The van der Waals surface area contributed by atoms with Crippen molar-refractivity contribution in [3.05, 3.63) is 24.4 Å². The molecule has 0 fully saturated rings. The number of hydrogen-bond donors (Lipinski definition) is 1. The summed E-state index contributed by atoms with van der Waals surface area (Å²) in [4.78, 5) is 3.56. The lowest BCUT2D eigenvalue weighted by Crippen LogP contribution is -1.80. The molecule has 0 heterocycles. The molecule has 54 valence electrons. The van der Waals surface area contributed by atoms with Crippen LogP contribution in [-0.2, 0) is 0 Å². The summed E-state index contributed by atoms with van der Waals surface area (Å²) in [7, 11) is 0. The van der Waals surface area contributed by atoms with Crippen molar-refractivity contribution >= 4 is 12.9 Å². The van der Waals surface area contributed by atoms with E-state index in [1.54, 1.807) is 12.3 Å². The van der Waals surface area contributed by atoms with Crippen LogP contribution in [0.4, 0.5) is 0 Å². The minimum Gasteiger partial charge on any atom is -0.309 e. The van der Waals surface area contributed by atoms with E-state index in [9.17, 15) is 0 Å². The summed E-state index contributed by atoms with van der Waals surface area (Å²) in [5, 5.41) is 6.70. The van der Waals surface area contributed by atoms with Crippen LogP contribution in [0.3, 0.4) is 0 Å². The molecule has 0 aromatic heterocycles. The van der Waals surface area contributed by atoms with Gasteiger partial charge in [0.05, 0.1) is 0 Å². The lowest BCUT2D eigenvalue weighted by atomic mass is 10.1. The highest BCUT2D eigenvalue weighted by atomic mass is 14.6. The number of hydrogen-bond acceptors (Lipinski definition) is 2. The summed E-state index contributed by atoms with van der Waals surface area (Å²) in [5.74, 6) is 0.326. The summed E-state index contributed by atoms with van der Waals surface area (Å²) < 4.78 is 0. The zero-order chi connectivity index (χ0) is 7.82. The van der Waals surface area contributed by atoms with Gasteiger partial charge in [0, 0.05) is 12.4 Å². The van der Waals surface area contributed by atoms with Gasteiger partial charge in [-0.1, -0.05) is 19.1 Å². The lowest BCUT2D eigenvalue weighted by Gasteiger charge is -1.92. The number of aliphatic imine (C=N–C) groups is 1. The van der Waals surface area contributed by atoms with Crippen molar-refractivity contribution in [1.82, 2.24) is 0 Å². The average Bonchev–Trinajstić information content (AvgIpc) is 1.97. The monoisotopic (exact) mass is 136 g/mol. The van der Waals surface area contributed by atoms with Crippen molar-refractivity contribution in [2.45, 2.75) is 6.92 Å². The van der Waals surface area contributed by atoms with Gasteiger partial charge in [-0.05, 0) is 18.7 Å². The number of nitrogens with zero attached hydrogens (tertiary/aromatic N) is 1. The van der Waals surface area contributed by atoms with Gasteiger partial charge < -0.3 is 5.41 Å². The van der Waals surface area contributed by atoms with E-state index in [0.29, 0.717) is 5.92 Å². The van der Waals surface area contributed by atoms with Gasteiger partial charge in [0.25, 0.3) is 0 Å². The quantitative estimate of drug-likeness (QED) is 0.574. The Kier molecular flexibility index (Phi) is 5.25. The Morgan fingerprint density at radius 2 is 2.20 bits per heavy atom. The molecule has 0 rings (SSSR count). The van der Waals surface area contributed by atoms with E-state index in [0.717, 1.165) is 0 Å². The molecule has 1 atom stereocenters. The van der Waals surface area contributed by atoms with Gasteiger partial charge in [0.15, 0.2) is 0 Å². The van der Waals surface area contributed by atoms with E-state index in [4.69, 9.17) is 5.41 Å². The fourth-order valence-electron chi connectivity index (χ4n) is 0.492. The second-order valence-corrected chi connectivity index (χ2v) is 1.93. The maximum absolute atomic E-state index is 6.70. The van der Waals surface area contributed by atoms with Crippen LogP contribution in [0.2, 0.25) is 0 Å². The standard InChI is InChI=1S/C8H12N2/c1-8(4-3-6-9)5-7-10-2/h3-9H,2H2,1H3/b4-3-,7-5-,9-6?. The van der Waals surface area contributed by atoms with Crippen molar-refractivity contribution in [1.29, 1.82) is 5.41 Å². The van der Waals surface area contributed by atoms with E-state index < -0.39 is 0 Å². The molecule has 2 nitrogen and oxygen atoms in total. The third-order valence-electron chi connectivity index (χ3n) is 1.01. The van der Waals surface area contributed by atoms with Crippen molar-refractivity contribution in [2.75, 3.05) is 0 Å². The topological polar surface area (TPSA) is 36.2 Å². The molecule has 0 aromatic rings. The Morgan fingerprint density at radius 1 is 1.50 bits per heavy atom. The molecule has 1 unspecified atom stereocenters. The molecular formula is C8H12N2. The predicted octanol–water partition coefficient (Wildman–Crippen LogP) is 2.04. The summed E-state index contributed by atoms with van der Waals surface area (Å²) in [6.07, 6.45) is 8.42. The predicted molar refractivity (Wildman–Crippen MR) is 45.8 cm³/mol. The Balaban J connectivity index is 3.72. The Hall–Kier alpha value is -1.18. The molecule has 0 bridgehead atoms. The first-order chi connectivity index (χ1) is 4.81. The van der Waals surface area contributed by atoms with Gasteiger partial charge in [-0.15, -0.1) is 0 Å². The maximum Gasteiger partial charge on any atom is 0.0226 e. The van der Waals surface area contributed by atoms with Crippen LogP contribution >= 0.6 is 0 Å². The highest BCUT2D eigenvalue weighted by Gasteiger charge is 1.85. The van der Waals surface area contributed by atoms with Gasteiger partial charge >= 0.3 is 0 Å². The van der Waals surface area contributed by atoms with Crippen LogP contribution in [0.5, 0.6) is 0 Å². The van der Waals surface area contributed by atoms with Crippen LogP contribution in [0.15, 0.2) is 29.4 Å². The molecule has 0 saturated heterocycles. The highest BCUT2D eigenvalue weighted by Crippen LogP contribution is 1.97. The number of rotatable bonds is 4. The lowest BCUT2D eigenvalue weighted by molar-refractivity contribution is 0.938. The first-order valence-corrected chi connectivity index (χ1v) is 3.11. The Labute approximate surface area is 61.5 Å². The second kappa shape index (κ2) is 5.95. The number of allylic oxidation sites excluding steroid dienone is 3. The van der Waals surface area contributed by atoms with Crippen LogP contribution in [0.25, 0.3) is 0 Å². The number of nitrogens with one attached hydrogen (secondary N) is 1. The van der Waals surface area contributed by atoms with E-state index in [-0.39, 0.29) is 0 Å². The molecular weight excluding hydrogens is 124 g/mol. The normalized spacial score (nSPS) is 14.1. The van der Waals surface area contributed by atoms with E-state index in [1.807, 2.05) is 19.1 Å².